The van der Waals surface area contributed by atoms with Gasteiger partial charge in [-0.3, -0.25) is 4.79 Å². The number of carbonyl (C=O) groups is 1. The third-order valence-electron chi connectivity index (χ3n) is 2.72. The Balaban J connectivity index is 2.53. The molecule has 0 spiro atoms. The van der Waals surface area contributed by atoms with Crippen molar-refractivity contribution in [1.29, 1.82) is 0 Å². The predicted octanol–water partition coefficient (Wildman–Crippen LogP) is 1.74. The van der Waals surface area contributed by atoms with Crippen molar-refractivity contribution in [2.75, 3.05) is 19.8 Å². The van der Waals surface area contributed by atoms with Crippen LogP contribution < -0.4 is 14.8 Å². The number of hydrogen-bond donors (Lipinski definition) is 2. The number of para-hydroxylation sites is 2. The first-order valence-corrected chi connectivity index (χ1v) is 6.75. The van der Waals surface area contributed by atoms with Gasteiger partial charge in [0.15, 0.2) is 18.1 Å². The molecule has 5 nitrogen and oxygen atoms in total. The number of carbonyl (C=O) groups excluding carboxylic acids is 1. The van der Waals surface area contributed by atoms with Crippen molar-refractivity contribution < 1.29 is 19.4 Å². The van der Waals surface area contributed by atoms with E-state index in [0.717, 1.165) is 0 Å². The van der Waals surface area contributed by atoms with E-state index >= 15 is 0 Å². The van der Waals surface area contributed by atoms with Crippen LogP contribution in [0.4, 0.5) is 0 Å². The van der Waals surface area contributed by atoms with Crippen molar-refractivity contribution in [2.45, 2.75) is 32.7 Å². The first-order valence-electron chi connectivity index (χ1n) is 6.75. The molecule has 1 aromatic carbocycles. The van der Waals surface area contributed by atoms with Crippen molar-refractivity contribution >= 4 is 5.91 Å². The Morgan fingerprint density at radius 2 is 1.85 bits per heavy atom. The zero-order valence-electron chi connectivity index (χ0n) is 12.3. The lowest BCUT2D eigenvalue weighted by Crippen LogP contribution is -2.46. The number of ether oxygens (including phenoxy) is 2. The van der Waals surface area contributed by atoms with Crippen LogP contribution in [0.5, 0.6) is 11.5 Å². The molecule has 0 aromatic heterocycles. The van der Waals surface area contributed by atoms with E-state index in [2.05, 4.69) is 5.32 Å². The molecular weight excluding hydrogens is 258 g/mol. The lowest BCUT2D eigenvalue weighted by molar-refractivity contribution is -0.124. The summed E-state index contributed by atoms with van der Waals surface area (Å²) in [6.07, 6.45) is 0.494. The monoisotopic (exact) mass is 281 g/mol. The molecule has 0 radical (unpaired) electrons. The lowest BCUT2D eigenvalue weighted by atomic mass is 10.0. The number of aliphatic hydroxyl groups excluding tert-OH is 1. The number of nitrogens with one attached hydrogen (secondary N) is 1. The largest absolute Gasteiger partial charge is 0.490 e. The second-order valence-electron chi connectivity index (χ2n) is 5.07. The van der Waals surface area contributed by atoms with Crippen molar-refractivity contribution in [3.05, 3.63) is 24.3 Å². The van der Waals surface area contributed by atoms with Gasteiger partial charge in [0.2, 0.25) is 0 Å². The fraction of sp³-hybridized carbons (Fsp3) is 0.533. The zero-order chi connectivity index (χ0) is 15.0. The van der Waals surface area contributed by atoms with E-state index in [1.54, 1.807) is 12.1 Å². The summed E-state index contributed by atoms with van der Waals surface area (Å²) in [5, 5.41) is 11.7. The van der Waals surface area contributed by atoms with Gasteiger partial charge < -0.3 is 19.9 Å². The van der Waals surface area contributed by atoms with Gasteiger partial charge in [0.25, 0.3) is 5.91 Å². The molecular formula is C15H23NO4. The van der Waals surface area contributed by atoms with Gasteiger partial charge in [0, 0.05) is 12.1 Å². The summed E-state index contributed by atoms with van der Waals surface area (Å²) in [5.41, 5.74) is -0.450. The molecule has 1 rings (SSSR count). The molecule has 0 atom stereocenters. The fourth-order valence-corrected chi connectivity index (χ4v) is 1.74. The van der Waals surface area contributed by atoms with Crippen molar-refractivity contribution in [3.8, 4) is 11.5 Å². The quantitative estimate of drug-likeness (QED) is 0.761. The minimum atomic E-state index is -0.450. The molecule has 20 heavy (non-hydrogen) atoms. The van der Waals surface area contributed by atoms with Gasteiger partial charge in [-0.2, -0.15) is 0 Å². The Morgan fingerprint density at radius 3 is 2.40 bits per heavy atom. The van der Waals surface area contributed by atoms with Gasteiger partial charge in [0.1, 0.15) is 0 Å². The summed E-state index contributed by atoms with van der Waals surface area (Å²) < 4.78 is 10.9. The molecule has 0 unspecified atom stereocenters. The predicted molar refractivity (Wildman–Crippen MR) is 77.0 cm³/mol. The first kappa shape index (κ1) is 16.3. The van der Waals surface area contributed by atoms with E-state index in [-0.39, 0.29) is 19.1 Å². The van der Waals surface area contributed by atoms with Crippen LogP contribution in [-0.2, 0) is 4.79 Å². The molecule has 2 N–H and O–H groups in total. The maximum atomic E-state index is 11.8. The third-order valence-corrected chi connectivity index (χ3v) is 2.72. The van der Waals surface area contributed by atoms with E-state index in [4.69, 9.17) is 14.6 Å². The summed E-state index contributed by atoms with van der Waals surface area (Å²) in [6, 6.07) is 7.23. The zero-order valence-corrected chi connectivity index (χ0v) is 12.3. The normalized spacial score (nSPS) is 11.0. The van der Waals surface area contributed by atoms with Crippen LogP contribution >= 0.6 is 0 Å². The van der Waals surface area contributed by atoms with E-state index in [9.17, 15) is 4.79 Å². The number of aliphatic hydroxyl groups is 1. The Labute approximate surface area is 119 Å². The summed E-state index contributed by atoms with van der Waals surface area (Å²) >= 11 is 0. The molecule has 112 valence electrons. The highest BCUT2D eigenvalue weighted by Crippen LogP contribution is 2.26. The van der Waals surface area contributed by atoms with E-state index < -0.39 is 5.54 Å². The summed E-state index contributed by atoms with van der Waals surface area (Å²) in [4.78, 5) is 11.8. The summed E-state index contributed by atoms with van der Waals surface area (Å²) in [7, 11) is 0. The number of amides is 1. The van der Waals surface area contributed by atoms with Crippen molar-refractivity contribution in [3.63, 3.8) is 0 Å². The molecule has 1 amide bonds. The fourth-order valence-electron chi connectivity index (χ4n) is 1.74. The van der Waals surface area contributed by atoms with Gasteiger partial charge in [-0.15, -0.1) is 0 Å². The average Bonchev–Trinajstić information content (AvgIpc) is 2.37. The second-order valence-corrected chi connectivity index (χ2v) is 5.07. The van der Waals surface area contributed by atoms with Crippen molar-refractivity contribution in [2.24, 2.45) is 0 Å². The molecule has 0 aliphatic rings. The summed E-state index contributed by atoms with van der Waals surface area (Å²) in [5.74, 6) is 0.941. The maximum absolute atomic E-state index is 11.8. The van der Waals surface area contributed by atoms with Crippen LogP contribution in [0.3, 0.4) is 0 Å². The van der Waals surface area contributed by atoms with Gasteiger partial charge in [-0.1, -0.05) is 12.1 Å². The second kappa shape index (κ2) is 7.75. The molecule has 0 heterocycles. The highest BCUT2D eigenvalue weighted by molar-refractivity contribution is 5.78. The number of hydrogen-bond acceptors (Lipinski definition) is 4. The molecule has 0 aliphatic heterocycles. The Hall–Kier alpha value is -1.75. The molecule has 0 fully saturated rings. The standard InChI is InChI=1S/C15H23NO4/c1-4-19-12-7-5-6-8-13(12)20-11-14(18)16-15(2,3)9-10-17/h5-8,17H,4,9-11H2,1-3H3,(H,16,18). The molecule has 0 saturated carbocycles. The highest BCUT2D eigenvalue weighted by Gasteiger charge is 2.20. The highest BCUT2D eigenvalue weighted by atomic mass is 16.5. The van der Waals surface area contributed by atoms with Crippen LogP contribution in [0.25, 0.3) is 0 Å². The smallest absolute Gasteiger partial charge is 0.258 e. The molecule has 0 aliphatic carbocycles. The molecule has 0 saturated heterocycles. The molecule has 0 bridgehead atoms. The lowest BCUT2D eigenvalue weighted by Gasteiger charge is -2.25. The average molecular weight is 281 g/mol. The minimum absolute atomic E-state index is 0.0291. The van der Waals surface area contributed by atoms with E-state index in [0.29, 0.717) is 24.5 Å². The SMILES string of the molecule is CCOc1ccccc1OCC(=O)NC(C)(C)CCO. The Bertz CT molecular complexity index is 432. The van der Waals surface area contributed by atoms with Gasteiger partial charge in [0.05, 0.1) is 6.61 Å². The van der Waals surface area contributed by atoms with E-state index in [1.807, 2.05) is 32.9 Å². The Kier molecular flexibility index (Phi) is 6.31. The van der Waals surface area contributed by atoms with Crippen molar-refractivity contribution in [1.82, 2.24) is 5.32 Å². The third kappa shape index (κ3) is 5.48. The van der Waals surface area contributed by atoms with Crippen LogP contribution in [0, 0.1) is 0 Å². The van der Waals surface area contributed by atoms with Crippen LogP contribution in [0.2, 0.25) is 0 Å². The Morgan fingerprint density at radius 1 is 1.25 bits per heavy atom. The molecule has 1 aromatic rings. The maximum Gasteiger partial charge on any atom is 0.258 e. The first-order chi connectivity index (χ1) is 9.48. The minimum Gasteiger partial charge on any atom is -0.490 e. The van der Waals surface area contributed by atoms with Gasteiger partial charge in [-0.05, 0) is 39.3 Å². The van der Waals surface area contributed by atoms with E-state index in [1.165, 1.54) is 0 Å². The van der Waals surface area contributed by atoms with Crippen LogP contribution in [-0.4, -0.2) is 36.4 Å². The van der Waals surface area contributed by atoms with Crippen LogP contribution in [0.1, 0.15) is 27.2 Å². The van der Waals surface area contributed by atoms with Gasteiger partial charge >= 0.3 is 0 Å². The van der Waals surface area contributed by atoms with Crippen LogP contribution in [0.15, 0.2) is 24.3 Å². The number of benzene rings is 1. The topological polar surface area (TPSA) is 67.8 Å². The summed E-state index contributed by atoms with van der Waals surface area (Å²) in [6.45, 7) is 6.09. The van der Waals surface area contributed by atoms with Gasteiger partial charge in [-0.25, -0.2) is 0 Å². The molecule has 5 heteroatoms. The number of rotatable bonds is 8.